The SMILES string of the molecule is C=Cc1ccccc1C(O)c1ccc(O)cc1. The van der Waals surface area contributed by atoms with Gasteiger partial charge in [0.15, 0.2) is 0 Å². The molecule has 0 fully saturated rings. The first-order chi connectivity index (χ1) is 8.22. The number of phenols is 1. The largest absolute Gasteiger partial charge is 0.508 e. The van der Waals surface area contributed by atoms with Crippen molar-refractivity contribution in [2.45, 2.75) is 6.10 Å². The lowest BCUT2D eigenvalue weighted by molar-refractivity contribution is 0.220. The van der Waals surface area contributed by atoms with Crippen LogP contribution in [-0.2, 0) is 0 Å². The van der Waals surface area contributed by atoms with E-state index in [-0.39, 0.29) is 5.75 Å². The topological polar surface area (TPSA) is 40.5 Å². The molecule has 0 saturated heterocycles. The quantitative estimate of drug-likeness (QED) is 0.844. The minimum atomic E-state index is -0.704. The van der Waals surface area contributed by atoms with Gasteiger partial charge in [-0.25, -0.2) is 0 Å². The van der Waals surface area contributed by atoms with Crippen molar-refractivity contribution in [1.82, 2.24) is 0 Å². The van der Waals surface area contributed by atoms with Crippen molar-refractivity contribution in [3.05, 3.63) is 71.8 Å². The molecule has 2 heteroatoms. The Bertz CT molecular complexity index is 515. The fourth-order valence-electron chi connectivity index (χ4n) is 1.78. The van der Waals surface area contributed by atoms with Crippen molar-refractivity contribution in [3.8, 4) is 5.75 Å². The van der Waals surface area contributed by atoms with Crippen LogP contribution in [0, 0.1) is 0 Å². The van der Waals surface area contributed by atoms with Gasteiger partial charge in [-0.15, -0.1) is 0 Å². The van der Waals surface area contributed by atoms with E-state index < -0.39 is 6.10 Å². The lowest BCUT2D eigenvalue weighted by Crippen LogP contribution is -2.01. The van der Waals surface area contributed by atoms with E-state index in [1.165, 1.54) is 0 Å². The molecule has 0 saturated carbocycles. The summed E-state index contributed by atoms with van der Waals surface area (Å²) < 4.78 is 0. The van der Waals surface area contributed by atoms with Crippen LogP contribution in [-0.4, -0.2) is 10.2 Å². The van der Waals surface area contributed by atoms with E-state index in [0.717, 1.165) is 16.7 Å². The second-order valence-corrected chi connectivity index (χ2v) is 3.83. The van der Waals surface area contributed by atoms with Crippen molar-refractivity contribution in [1.29, 1.82) is 0 Å². The van der Waals surface area contributed by atoms with Crippen LogP contribution in [0.1, 0.15) is 22.8 Å². The molecule has 17 heavy (non-hydrogen) atoms. The summed E-state index contributed by atoms with van der Waals surface area (Å²) in [5.74, 6) is 0.193. The Labute approximate surface area is 100 Å². The Kier molecular flexibility index (Phi) is 3.26. The van der Waals surface area contributed by atoms with Gasteiger partial charge in [-0.05, 0) is 28.8 Å². The third-order valence-corrected chi connectivity index (χ3v) is 2.72. The maximum Gasteiger partial charge on any atom is 0.115 e. The molecule has 0 aliphatic rings. The van der Waals surface area contributed by atoms with Crippen LogP contribution in [0.15, 0.2) is 55.1 Å². The van der Waals surface area contributed by atoms with E-state index in [4.69, 9.17) is 0 Å². The predicted octanol–water partition coefficient (Wildman–Crippen LogP) is 3.12. The van der Waals surface area contributed by atoms with Crippen molar-refractivity contribution in [2.24, 2.45) is 0 Å². The van der Waals surface area contributed by atoms with Crippen LogP contribution < -0.4 is 0 Å². The van der Waals surface area contributed by atoms with Gasteiger partial charge in [-0.2, -0.15) is 0 Å². The van der Waals surface area contributed by atoms with Crippen LogP contribution >= 0.6 is 0 Å². The molecular weight excluding hydrogens is 212 g/mol. The number of benzene rings is 2. The second kappa shape index (κ2) is 4.85. The first-order valence-electron chi connectivity index (χ1n) is 5.40. The summed E-state index contributed by atoms with van der Waals surface area (Å²) in [5.41, 5.74) is 2.47. The number of hydrogen-bond donors (Lipinski definition) is 2. The minimum Gasteiger partial charge on any atom is -0.508 e. The van der Waals surface area contributed by atoms with E-state index in [9.17, 15) is 10.2 Å². The molecular formula is C15H14O2. The van der Waals surface area contributed by atoms with Crippen molar-refractivity contribution < 1.29 is 10.2 Å². The van der Waals surface area contributed by atoms with E-state index in [0.29, 0.717) is 0 Å². The zero-order valence-corrected chi connectivity index (χ0v) is 9.38. The number of aromatic hydroxyl groups is 1. The maximum absolute atomic E-state index is 10.3. The highest BCUT2D eigenvalue weighted by Gasteiger charge is 2.12. The average molecular weight is 226 g/mol. The molecule has 0 aliphatic carbocycles. The molecule has 86 valence electrons. The molecule has 0 heterocycles. The van der Waals surface area contributed by atoms with Crippen molar-refractivity contribution in [2.75, 3.05) is 0 Å². The first-order valence-corrected chi connectivity index (χ1v) is 5.40. The summed E-state index contributed by atoms with van der Waals surface area (Å²) in [5, 5.41) is 19.5. The Hall–Kier alpha value is -2.06. The zero-order valence-electron chi connectivity index (χ0n) is 9.38. The van der Waals surface area contributed by atoms with Gasteiger partial charge in [-0.3, -0.25) is 0 Å². The summed E-state index contributed by atoms with van der Waals surface area (Å²) >= 11 is 0. The predicted molar refractivity (Wildman–Crippen MR) is 68.7 cm³/mol. The molecule has 2 aromatic carbocycles. The monoisotopic (exact) mass is 226 g/mol. The standard InChI is InChI=1S/C15H14O2/c1-2-11-5-3-4-6-14(11)15(17)12-7-9-13(16)10-8-12/h2-10,15-17H,1H2. The highest BCUT2D eigenvalue weighted by atomic mass is 16.3. The van der Waals surface area contributed by atoms with Crippen molar-refractivity contribution >= 4 is 6.08 Å². The molecule has 2 rings (SSSR count). The highest BCUT2D eigenvalue weighted by Crippen LogP contribution is 2.26. The summed E-state index contributed by atoms with van der Waals surface area (Å²) in [6, 6.07) is 14.1. The molecule has 1 atom stereocenters. The first kappa shape index (κ1) is 11.4. The molecule has 0 bridgehead atoms. The number of aliphatic hydroxyl groups excluding tert-OH is 1. The molecule has 0 spiro atoms. The van der Waals surface area contributed by atoms with Crippen molar-refractivity contribution in [3.63, 3.8) is 0 Å². The van der Waals surface area contributed by atoms with E-state index in [2.05, 4.69) is 6.58 Å². The maximum atomic E-state index is 10.3. The normalized spacial score (nSPS) is 12.1. The zero-order chi connectivity index (χ0) is 12.3. The van der Waals surface area contributed by atoms with Gasteiger partial charge in [0, 0.05) is 0 Å². The molecule has 0 amide bonds. The Balaban J connectivity index is 2.39. The summed E-state index contributed by atoms with van der Waals surface area (Å²) in [7, 11) is 0. The number of phenolic OH excluding ortho intramolecular Hbond substituents is 1. The lowest BCUT2D eigenvalue weighted by atomic mass is 9.97. The van der Waals surface area contributed by atoms with Crippen LogP contribution in [0.4, 0.5) is 0 Å². The summed E-state index contributed by atoms with van der Waals surface area (Å²) in [4.78, 5) is 0. The van der Waals surface area contributed by atoms with Crippen LogP contribution in [0.5, 0.6) is 5.75 Å². The van der Waals surface area contributed by atoms with Crippen LogP contribution in [0.2, 0.25) is 0 Å². The Morgan fingerprint density at radius 2 is 1.65 bits per heavy atom. The number of rotatable bonds is 3. The summed E-state index contributed by atoms with van der Waals surface area (Å²) in [6.45, 7) is 3.73. The average Bonchev–Trinajstić information content (AvgIpc) is 2.39. The van der Waals surface area contributed by atoms with E-state index in [1.807, 2.05) is 24.3 Å². The molecule has 0 aliphatic heterocycles. The smallest absolute Gasteiger partial charge is 0.115 e. The molecule has 0 radical (unpaired) electrons. The third-order valence-electron chi connectivity index (χ3n) is 2.72. The lowest BCUT2D eigenvalue weighted by Gasteiger charge is -2.14. The van der Waals surface area contributed by atoms with Gasteiger partial charge >= 0.3 is 0 Å². The van der Waals surface area contributed by atoms with Crippen LogP contribution in [0.3, 0.4) is 0 Å². The van der Waals surface area contributed by atoms with Gasteiger partial charge < -0.3 is 10.2 Å². The van der Waals surface area contributed by atoms with E-state index >= 15 is 0 Å². The van der Waals surface area contributed by atoms with Gasteiger partial charge in [0.05, 0.1) is 0 Å². The third kappa shape index (κ3) is 2.37. The van der Waals surface area contributed by atoms with Gasteiger partial charge in [0.1, 0.15) is 11.9 Å². The fraction of sp³-hybridized carbons (Fsp3) is 0.0667. The fourth-order valence-corrected chi connectivity index (χ4v) is 1.78. The Morgan fingerprint density at radius 1 is 1.00 bits per heavy atom. The molecule has 1 unspecified atom stereocenters. The molecule has 2 N–H and O–H groups in total. The van der Waals surface area contributed by atoms with Crippen LogP contribution in [0.25, 0.3) is 6.08 Å². The molecule has 2 nitrogen and oxygen atoms in total. The minimum absolute atomic E-state index is 0.193. The molecule has 2 aromatic rings. The van der Waals surface area contributed by atoms with Gasteiger partial charge in [-0.1, -0.05) is 49.1 Å². The highest BCUT2D eigenvalue weighted by molar-refractivity contribution is 5.54. The Morgan fingerprint density at radius 3 is 2.29 bits per heavy atom. The number of hydrogen-bond acceptors (Lipinski definition) is 2. The van der Waals surface area contributed by atoms with Gasteiger partial charge in [0.25, 0.3) is 0 Å². The number of aliphatic hydroxyl groups is 1. The molecule has 0 aromatic heterocycles. The summed E-state index contributed by atoms with van der Waals surface area (Å²) in [6.07, 6.45) is 1.02. The second-order valence-electron chi connectivity index (χ2n) is 3.83. The van der Waals surface area contributed by atoms with Gasteiger partial charge in [0.2, 0.25) is 0 Å². The van der Waals surface area contributed by atoms with E-state index in [1.54, 1.807) is 30.3 Å².